The van der Waals surface area contributed by atoms with E-state index in [1.54, 1.807) is 24.4 Å². The summed E-state index contributed by atoms with van der Waals surface area (Å²) in [4.78, 5) is 8.40. The van der Waals surface area contributed by atoms with Gasteiger partial charge in [0.15, 0.2) is 0 Å². The molecule has 0 amide bonds. The third-order valence-electron chi connectivity index (χ3n) is 2.75. The molecule has 0 aliphatic rings. The largest absolute Gasteiger partial charge is 0.574 e. The maximum Gasteiger partial charge on any atom is 0.106 e. The number of aromatic nitrogens is 3. The Balaban J connectivity index is 0.000000254. The summed E-state index contributed by atoms with van der Waals surface area (Å²) < 4.78 is 25.8. The molecule has 0 saturated heterocycles. The summed E-state index contributed by atoms with van der Waals surface area (Å²) in [6, 6.07) is 11.3. The zero-order valence-corrected chi connectivity index (χ0v) is 15.8. The summed E-state index contributed by atoms with van der Waals surface area (Å²) in [5.74, 6) is -1.29. The van der Waals surface area contributed by atoms with Crippen LogP contribution >= 0.6 is 0 Å². The van der Waals surface area contributed by atoms with Crippen LogP contribution in [0.2, 0.25) is 0 Å². The fourth-order valence-corrected chi connectivity index (χ4v) is 1.73. The summed E-state index contributed by atoms with van der Waals surface area (Å²) >= 11 is 0. The summed E-state index contributed by atoms with van der Waals surface area (Å²) in [6.07, 6.45) is 3.06. The Morgan fingerprint density at radius 3 is 2.64 bits per heavy atom. The Hall–Kier alpha value is -2.44. The molecule has 0 saturated carbocycles. The van der Waals surface area contributed by atoms with E-state index in [2.05, 4.69) is 31.2 Å². The molecule has 0 spiro atoms. The van der Waals surface area contributed by atoms with Crippen LogP contribution in [0.5, 0.6) is 0 Å². The molecular weight excluding hydrogens is 506 g/mol. The van der Waals surface area contributed by atoms with Crippen LogP contribution in [0.25, 0.3) is 11.3 Å². The number of hydrogen-bond acceptors (Lipinski definition) is 4. The summed E-state index contributed by atoms with van der Waals surface area (Å²) in [7, 11) is 1.49. The fourth-order valence-electron chi connectivity index (χ4n) is 1.73. The summed E-state index contributed by atoms with van der Waals surface area (Å²) in [6.45, 7) is 1.87. The first-order valence-corrected chi connectivity index (χ1v) is 6.92. The van der Waals surface area contributed by atoms with E-state index >= 15 is 0 Å². The number of hydrogen-bond donors (Lipinski definition) is 0. The first-order chi connectivity index (χ1) is 11.6. The topological polar surface area (TPSA) is 61.5 Å². The molecule has 0 bridgehead atoms. The second kappa shape index (κ2) is 10.4. The van der Waals surface area contributed by atoms with Gasteiger partial charge in [-0.25, -0.2) is 0 Å². The number of nitrogens with zero attached hydrogens (tertiary/aromatic N) is 4. The smallest absolute Gasteiger partial charge is 0.106 e. The maximum atomic E-state index is 13.2. The Morgan fingerprint density at radius 1 is 1.28 bits per heavy atom. The van der Waals surface area contributed by atoms with Crippen molar-refractivity contribution in [2.75, 3.05) is 7.11 Å². The van der Waals surface area contributed by atoms with Gasteiger partial charge < -0.3 is 20.0 Å². The molecule has 8 heteroatoms. The van der Waals surface area contributed by atoms with Gasteiger partial charge in [-0.3, -0.25) is 8.78 Å². The minimum atomic E-state index is -0.649. The zero-order chi connectivity index (χ0) is 17.4. The van der Waals surface area contributed by atoms with Crippen molar-refractivity contribution in [1.29, 1.82) is 0 Å². The van der Waals surface area contributed by atoms with E-state index < -0.39 is 11.6 Å². The summed E-state index contributed by atoms with van der Waals surface area (Å²) in [5.41, 5.74) is 2.24. The number of oxime groups is 1. The van der Waals surface area contributed by atoms with E-state index in [1.165, 1.54) is 13.3 Å². The minimum Gasteiger partial charge on any atom is -0.574 e. The van der Waals surface area contributed by atoms with Crippen molar-refractivity contribution < 1.29 is 33.7 Å². The van der Waals surface area contributed by atoms with Crippen LogP contribution < -0.4 is 5.10 Å². The third-order valence-corrected chi connectivity index (χ3v) is 2.75. The Kier molecular flexibility index (Phi) is 8.60. The van der Waals surface area contributed by atoms with Crippen LogP contribution in [0.1, 0.15) is 11.4 Å². The van der Waals surface area contributed by atoms with Crippen molar-refractivity contribution in [1.82, 2.24) is 15.2 Å². The second-order valence-electron chi connectivity index (χ2n) is 4.58. The van der Waals surface area contributed by atoms with Gasteiger partial charge in [0, 0.05) is 43.6 Å². The van der Waals surface area contributed by atoms with Crippen molar-refractivity contribution in [3.05, 3.63) is 71.7 Å². The first-order valence-electron chi connectivity index (χ1n) is 6.92. The Morgan fingerprint density at radius 2 is 2.08 bits per heavy atom. The van der Waals surface area contributed by atoms with Crippen molar-refractivity contribution in [2.24, 2.45) is 5.16 Å². The zero-order valence-electron chi connectivity index (χ0n) is 13.4. The van der Waals surface area contributed by atoms with Crippen LogP contribution in [0, 0.1) is 24.6 Å². The molecule has 0 fully saturated rings. The molecule has 133 valence electrons. The van der Waals surface area contributed by atoms with Gasteiger partial charge in [-0.1, -0.05) is 40.7 Å². The average molecular weight is 521 g/mol. The van der Waals surface area contributed by atoms with E-state index in [-0.39, 0.29) is 25.7 Å². The van der Waals surface area contributed by atoms with Gasteiger partial charge in [0.2, 0.25) is 0 Å². The predicted molar refractivity (Wildman–Crippen MR) is 85.3 cm³/mol. The molecule has 25 heavy (non-hydrogen) atoms. The summed E-state index contributed by atoms with van der Waals surface area (Å²) in [5, 5.41) is 11.1. The van der Waals surface area contributed by atoms with Gasteiger partial charge in [-0.15, -0.1) is 12.1 Å². The van der Waals surface area contributed by atoms with Gasteiger partial charge in [0.1, 0.15) is 7.11 Å². The molecule has 0 atom stereocenters. The van der Waals surface area contributed by atoms with Gasteiger partial charge in [0.05, 0.1) is 6.21 Å². The normalized spacial score (nSPS) is 9.92. The van der Waals surface area contributed by atoms with E-state index in [9.17, 15) is 8.78 Å². The third kappa shape index (κ3) is 6.52. The quantitative estimate of drug-likeness (QED) is 0.303. The Labute approximate surface area is 157 Å². The van der Waals surface area contributed by atoms with Gasteiger partial charge in [0.25, 0.3) is 0 Å². The number of halogens is 2. The molecule has 2 heterocycles. The molecule has 1 radical (unpaired) electrons. The molecule has 0 unspecified atom stereocenters. The molecule has 0 aliphatic carbocycles. The molecule has 1 aromatic carbocycles. The second-order valence-corrected chi connectivity index (χ2v) is 4.58. The monoisotopic (exact) mass is 521 g/mol. The number of rotatable bonds is 3. The molecule has 2 aromatic heterocycles. The van der Waals surface area contributed by atoms with E-state index in [0.717, 1.165) is 23.5 Å². The van der Waals surface area contributed by atoms with Crippen molar-refractivity contribution >= 4 is 6.21 Å². The Bertz CT molecular complexity index is 809. The SMILES string of the molecule is CO/N=C/c1cc(C)n[n-]1.Fc1c[c-]c(-c2ccccn2)c(F)c1.[Ir]. The number of aryl methyl sites for hydroxylation is 1. The van der Waals surface area contributed by atoms with Gasteiger partial charge in [-0.05, 0) is 18.7 Å². The van der Waals surface area contributed by atoms with Crippen molar-refractivity contribution in [3.8, 4) is 11.3 Å². The van der Waals surface area contributed by atoms with Gasteiger partial charge >= 0.3 is 0 Å². The van der Waals surface area contributed by atoms with Crippen LogP contribution in [0.15, 0.2) is 47.8 Å². The molecule has 0 N–H and O–H groups in total. The molecule has 3 aromatic rings. The predicted octanol–water partition coefficient (Wildman–Crippen LogP) is 3.15. The minimum absolute atomic E-state index is 0. The van der Waals surface area contributed by atoms with Crippen LogP contribution in [-0.2, 0) is 24.9 Å². The van der Waals surface area contributed by atoms with Crippen LogP contribution in [0.4, 0.5) is 8.78 Å². The fraction of sp³-hybridized carbons (Fsp3) is 0.118. The van der Waals surface area contributed by atoms with Crippen LogP contribution in [-0.4, -0.2) is 23.4 Å². The van der Waals surface area contributed by atoms with Crippen molar-refractivity contribution in [3.63, 3.8) is 0 Å². The molecule has 3 rings (SSSR count). The standard InChI is InChI=1S/C11H6F2N.C6H8N3O.Ir/c12-8-4-5-9(10(13)7-8)11-3-1-2-6-14-11;1-5-3-6(9-8-5)4-7-10-2;/h1-4,6-7H;3-4H,1-2H3;/q2*-1;/b;7-4+;. The van der Waals surface area contributed by atoms with E-state index in [4.69, 9.17) is 0 Å². The van der Waals surface area contributed by atoms with Gasteiger partial charge in [-0.2, -0.15) is 0 Å². The molecular formula is C17H14F2IrN4O-2. The number of benzene rings is 1. The maximum absolute atomic E-state index is 13.2. The number of pyridine rings is 1. The van der Waals surface area contributed by atoms with E-state index in [1.807, 2.05) is 13.0 Å². The van der Waals surface area contributed by atoms with Crippen LogP contribution in [0.3, 0.4) is 0 Å². The molecule has 0 aliphatic heterocycles. The van der Waals surface area contributed by atoms with Crippen molar-refractivity contribution in [2.45, 2.75) is 6.92 Å². The average Bonchev–Trinajstić information content (AvgIpc) is 3.00. The van der Waals surface area contributed by atoms with E-state index in [0.29, 0.717) is 5.69 Å². The first kappa shape index (κ1) is 20.6. The molecule has 5 nitrogen and oxygen atoms in total.